The maximum Gasteiger partial charge on any atom is 0.243 e. The van der Waals surface area contributed by atoms with Crippen molar-refractivity contribution in [3.8, 4) is 5.75 Å². The number of piperidine rings is 1. The van der Waals surface area contributed by atoms with Crippen molar-refractivity contribution in [3.63, 3.8) is 0 Å². The molecular formula is C26H34FN3O4S. The zero-order valence-corrected chi connectivity index (χ0v) is 21.3. The first-order valence-corrected chi connectivity index (χ1v) is 13.5. The molecule has 4 rings (SSSR count). The molecule has 0 aliphatic carbocycles. The van der Waals surface area contributed by atoms with Gasteiger partial charge in [-0.3, -0.25) is 4.79 Å². The molecule has 2 saturated heterocycles. The van der Waals surface area contributed by atoms with E-state index < -0.39 is 21.3 Å². The molecule has 35 heavy (non-hydrogen) atoms. The third kappa shape index (κ3) is 6.02. The van der Waals surface area contributed by atoms with Crippen molar-refractivity contribution in [2.24, 2.45) is 5.41 Å². The molecule has 2 heterocycles. The number of aryl methyl sites for hydroxylation is 1. The van der Waals surface area contributed by atoms with Crippen LogP contribution in [-0.4, -0.2) is 81.4 Å². The monoisotopic (exact) mass is 503 g/mol. The van der Waals surface area contributed by atoms with Crippen molar-refractivity contribution in [3.05, 3.63) is 59.9 Å². The Bertz CT molecular complexity index is 1140. The van der Waals surface area contributed by atoms with E-state index in [2.05, 4.69) is 4.90 Å². The number of carbonyl (C=O) groups excluding carboxylic acids is 1. The quantitative estimate of drug-likeness (QED) is 0.581. The molecule has 2 aromatic carbocycles. The third-order valence-corrected chi connectivity index (χ3v) is 9.06. The summed E-state index contributed by atoms with van der Waals surface area (Å²) in [6.07, 6.45) is 1.53. The largest absolute Gasteiger partial charge is 0.493 e. The Hall–Kier alpha value is -2.49. The van der Waals surface area contributed by atoms with Crippen LogP contribution in [0.3, 0.4) is 0 Å². The number of halogens is 1. The molecule has 2 aromatic rings. The zero-order chi connectivity index (χ0) is 25.1. The smallest absolute Gasteiger partial charge is 0.243 e. The predicted octanol–water partition coefficient (Wildman–Crippen LogP) is 3.15. The minimum atomic E-state index is -3.85. The Morgan fingerprint density at radius 1 is 1.06 bits per heavy atom. The fourth-order valence-electron chi connectivity index (χ4n) is 4.96. The van der Waals surface area contributed by atoms with Gasteiger partial charge in [0.2, 0.25) is 15.9 Å². The molecule has 2 aliphatic rings. The number of para-hydroxylation sites is 1. The molecule has 0 spiro atoms. The van der Waals surface area contributed by atoms with E-state index in [9.17, 15) is 17.6 Å². The van der Waals surface area contributed by atoms with Gasteiger partial charge in [-0.2, -0.15) is 4.31 Å². The molecular weight excluding hydrogens is 469 g/mol. The van der Waals surface area contributed by atoms with Crippen LogP contribution in [0.2, 0.25) is 0 Å². The molecule has 1 amide bonds. The molecule has 0 aromatic heterocycles. The first kappa shape index (κ1) is 25.6. The van der Waals surface area contributed by atoms with E-state index in [0.717, 1.165) is 13.1 Å². The number of sulfonamides is 1. The van der Waals surface area contributed by atoms with Crippen LogP contribution in [0.15, 0.2) is 53.4 Å². The van der Waals surface area contributed by atoms with Gasteiger partial charge in [-0.05, 0) is 62.7 Å². The summed E-state index contributed by atoms with van der Waals surface area (Å²) < 4.78 is 48.3. The zero-order valence-electron chi connectivity index (χ0n) is 20.5. The number of hydrogen-bond donors (Lipinski definition) is 0. The molecule has 7 nitrogen and oxygen atoms in total. The van der Waals surface area contributed by atoms with Crippen LogP contribution in [-0.2, 0) is 14.8 Å². The topological polar surface area (TPSA) is 70.2 Å². The highest BCUT2D eigenvalue weighted by Crippen LogP contribution is 2.38. The number of benzene rings is 2. The van der Waals surface area contributed by atoms with E-state index in [1.165, 1.54) is 22.5 Å². The van der Waals surface area contributed by atoms with E-state index >= 15 is 0 Å². The maximum absolute atomic E-state index is 13.6. The van der Waals surface area contributed by atoms with Crippen molar-refractivity contribution in [1.82, 2.24) is 14.1 Å². The molecule has 9 heteroatoms. The van der Waals surface area contributed by atoms with E-state index in [4.69, 9.17) is 4.74 Å². The van der Waals surface area contributed by atoms with E-state index in [1.807, 2.05) is 42.3 Å². The van der Waals surface area contributed by atoms with Gasteiger partial charge < -0.3 is 14.5 Å². The first-order valence-electron chi connectivity index (χ1n) is 12.1. The molecule has 0 radical (unpaired) electrons. The first-order chi connectivity index (χ1) is 16.7. The lowest BCUT2D eigenvalue weighted by Gasteiger charge is -2.43. The summed E-state index contributed by atoms with van der Waals surface area (Å²) in [4.78, 5) is 17.5. The molecule has 0 bridgehead atoms. The standard InChI is InChI=1S/C26H34FN3O4S/c1-21-17-22(27)9-10-24(21)35(32,33)30-12-6-11-26(19-30,20-34-23-7-4-3-5-8-23)18-25(31)29-15-13-28(2)14-16-29/h3-5,7-10,17H,6,11-16,18-20H2,1-2H3. The van der Waals surface area contributed by atoms with Crippen molar-refractivity contribution in [1.29, 1.82) is 0 Å². The van der Waals surface area contributed by atoms with Crippen LogP contribution >= 0.6 is 0 Å². The summed E-state index contributed by atoms with van der Waals surface area (Å²) in [5, 5.41) is 0. The summed E-state index contributed by atoms with van der Waals surface area (Å²) in [6, 6.07) is 13.1. The molecule has 0 saturated carbocycles. The average molecular weight is 504 g/mol. The number of ether oxygens (including phenoxy) is 1. The molecule has 190 valence electrons. The van der Waals surface area contributed by atoms with Crippen molar-refractivity contribution in [2.45, 2.75) is 31.1 Å². The number of rotatable bonds is 7. The average Bonchev–Trinajstić information content (AvgIpc) is 2.84. The highest BCUT2D eigenvalue weighted by molar-refractivity contribution is 7.89. The lowest BCUT2D eigenvalue weighted by atomic mass is 9.78. The summed E-state index contributed by atoms with van der Waals surface area (Å²) in [7, 11) is -1.81. The van der Waals surface area contributed by atoms with E-state index in [0.29, 0.717) is 43.8 Å². The number of likely N-dealkylation sites (N-methyl/N-ethyl adjacent to an activating group) is 1. The maximum atomic E-state index is 13.6. The van der Waals surface area contributed by atoms with Gasteiger partial charge in [0.05, 0.1) is 11.5 Å². The van der Waals surface area contributed by atoms with Crippen LogP contribution in [0.5, 0.6) is 5.75 Å². The lowest BCUT2D eigenvalue weighted by Crippen LogP contribution is -2.53. The fourth-order valence-corrected chi connectivity index (χ4v) is 6.76. The summed E-state index contributed by atoms with van der Waals surface area (Å²) in [6.45, 7) is 5.36. The molecule has 2 fully saturated rings. The Kier molecular flexibility index (Phi) is 7.78. The summed E-state index contributed by atoms with van der Waals surface area (Å²) in [5.41, 5.74) is -0.287. The summed E-state index contributed by atoms with van der Waals surface area (Å²) in [5.74, 6) is 0.253. The lowest BCUT2D eigenvalue weighted by molar-refractivity contribution is -0.136. The fraction of sp³-hybridized carbons (Fsp3) is 0.500. The van der Waals surface area contributed by atoms with Gasteiger partial charge >= 0.3 is 0 Å². The summed E-state index contributed by atoms with van der Waals surface area (Å²) >= 11 is 0. The van der Waals surface area contributed by atoms with E-state index in [-0.39, 0.29) is 30.4 Å². The van der Waals surface area contributed by atoms with Gasteiger partial charge in [0.25, 0.3) is 0 Å². The van der Waals surface area contributed by atoms with Gasteiger partial charge in [-0.25, -0.2) is 12.8 Å². The Morgan fingerprint density at radius 3 is 2.46 bits per heavy atom. The van der Waals surface area contributed by atoms with Gasteiger partial charge in [0.15, 0.2) is 0 Å². The number of hydrogen-bond acceptors (Lipinski definition) is 5. The number of carbonyl (C=O) groups is 1. The molecule has 0 N–H and O–H groups in total. The second-order valence-electron chi connectivity index (χ2n) is 9.81. The second-order valence-corrected chi connectivity index (χ2v) is 11.7. The number of nitrogens with zero attached hydrogens (tertiary/aromatic N) is 3. The second kappa shape index (κ2) is 10.6. The Labute approximate surface area is 207 Å². The molecule has 1 atom stereocenters. The van der Waals surface area contributed by atoms with Gasteiger partial charge in [0.1, 0.15) is 11.6 Å². The van der Waals surface area contributed by atoms with Crippen LogP contribution in [0, 0.1) is 18.2 Å². The van der Waals surface area contributed by atoms with Gasteiger partial charge in [0, 0.05) is 51.1 Å². The molecule has 2 aliphatic heterocycles. The van der Waals surface area contributed by atoms with Crippen LogP contribution in [0.1, 0.15) is 24.8 Å². The highest BCUT2D eigenvalue weighted by atomic mass is 32.2. The van der Waals surface area contributed by atoms with E-state index in [1.54, 1.807) is 6.92 Å². The van der Waals surface area contributed by atoms with Gasteiger partial charge in [-0.1, -0.05) is 18.2 Å². The van der Waals surface area contributed by atoms with Crippen molar-refractivity contribution in [2.75, 3.05) is 52.9 Å². The van der Waals surface area contributed by atoms with Crippen LogP contribution in [0.25, 0.3) is 0 Å². The predicted molar refractivity (Wildman–Crippen MR) is 132 cm³/mol. The Balaban J connectivity index is 1.58. The SMILES string of the molecule is Cc1cc(F)ccc1S(=O)(=O)N1CCCC(COc2ccccc2)(CC(=O)N2CCN(C)CC2)C1. The van der Waals surface area contributed by atoms with Crippen molar-refractivity contribution < 1.29 is 22.3 Å². The van der Waals surface area contributed by atoms with Crippen LogP contribution < -0.4 is 4.74 Å². The minimum Gasteiger partial charge on any atom is -0.493 e. The van der Waals surface area contributed by atoms with Gasteiger partial charge in [-0.15, -0.1) is 0 Å². The third-order valence-electron chi connectivity index (χ3n) is 7.05. The number of amides is 1. The minimum absolute atomic E-state index is 0.0342. The van der Waals surface area contributed by atoms with Crippen LogP contribution in [0.4, 0.5) is 4.39 Å². The highest BCUT2D eigenvalue weighted by Gasteiger charge is 2.43. The Morgan fingerprint density at radius 2 is 1.77 bits per heavy atom. The number of piperazine rings is 1. The molecule has 1 unspecified atom stereocenters. The van der Waals surface area contributed by atoms with Crippen molar-refractivity contribution >= 4 is 15.9 Å². The normalized spacial score (nSPS) is 22.2.